The molecule has 0 atom stereocenters. The Morgan fingerprint density at radius 2 is 2.11 bits per heavy atom. The molecule has 0 aliphatic heterocycles. The summed E-state index contributed by atoms with van der Waals surface area (Å²) in [6, 6.07) is 11.6. The minimum Gasteiger partial charge on any atom is -0.494 e. The van der Waals surface area contributed by atoms with E-state index in [4.69, 9.17) is 4.42 Å². The molecule has 3 rings (SSSR count). The molecular formula is C15H14N2O2. The Morgan fingerprint density at radius 1 is 1.26 bits per heavy atom. The van der Waals surface area contributed by atoms with Crippen molar-refractivity contribution in [3.63, 3.8) is 0 Å². The first-order valence-corrected chi connectivity index (χ1v) is 6.06. The van der Waals surface area contributed by atoms with Crippen molar-refractivity contribution in [1.29, 1.82) is 0 Å². The quantitative estimate of drug-likeness (QED) is 0.730. The van der Waals surface area contributed by atoms with Gasteiger partial charge in [0.2, 0.25) is 5.88 Å². The Morgan fingerprint density at radius 3 is 2.89 bits per heavy atom. The predicted octanol–water partition coefficient (Wildman–Crippen LogP) is 3.10. The van der Waals surface area contributed by atoms with Gasteiger partial charge in [0.05, 0.1) is 23.9 Å². The van der Waals surface area contributed by atoms with Crippen molar-refractivity contribution in [2.45, 2.75) is 6.54 Å². The number of aliphatic imine (C=N–C) groups is 1. The number of aromatic hydroxyl groups is 1. The van der Waals surface area contributed by atoms with E-state index in [0.717, 1.165) is 22.2 Å². The number of furan rings is 1. The van der Waals surface area contributed by atoms with Gasteiger partial charge in [0.1, 0.15) is 5.76 Å². The average Bonchev–Trinajstić information content (AvgIpc) is 3.02. The maximum Gasteiger partial charge on any atom is 0.200 e. The zero-order chi connectivity index (χ0) is 13.2. The Labute approximate surface area is 110 Å². The Kier molecular flexibility index (Phi) is 2.83. The van der Waals surface area contributed by atoms with E-state index in [-0.39, 0.29) is 5.88 Å². The van der Waals surface area contributed by atoms with Crippen LogP contribution in [0.1, 0.15) is 11.3 Å². The van der Waals surface area contributed by atoms with Gasteiger partial charge in [-0.1, -0.05) is 18.2 Å². The number of aromatic nitrogens is 1. The van der Waals surface area contributed by atoms with Crippen LogP contribution in [-0.4, -0.2) is 15.9 Å². The van der Waals surface area contributed by atoms with E-state index in [1.165, 1.54) is 0 Å². The zero-order valence-electron chi connectivity index (χ0n) is 10.6. The third-order valence-electron chi connectivity index (χ3n) is 3.16. The summed E-state index contributed by atoms with van der Waals surface area (Å²) in [6.45, 7) is 0.468. The van der Waals surface area contributed by atoms with Crippen LogP contribution in [0.25, 0.3) is 10.9 Å². The van der Waals surface area contributed by atoms with Crippen molar-refractivity contribution < 1.29 is 9.52 Å². The van der Waals surface area contributed by atoms with Crippen LogP contribution in [-0.2, 0) is 13.6 Å². The SMILES string of the molecule is Cn1c(O)c(C=NCc2ccco2)c2ccccc21. The zero-order valence-corrected chi connectivity index (χ0v) is 10.6. The van der Waals surface area contributed by atoms with Gasteiger partial charge in [-0.3, -0.25) is 4.99 Å². The fourth-order valence-corrected chi connectivity index (χ4v) is 2.17. The number of aryl methyl sites for hydroxylation is 1. The first-order chi connectivity index (χ1) is 9.27. The number of nitrogens with zero attached hydrogens (tertiary/aromatic N) is 2. The number of hydrogen-bond acceptors (Lipinski definition) is 3. The monoisotopic (exact) mass is 254 g/mol. The fraction of sp³-hybridized carbons (Fsp3) is 0.133. The lowest BCUT2D eigenvalue weighted by Gasteiger charge is -1.95. The van der Waals surface area contributed by atoms with E-state index >= 15 is 0 Å². The highest BCUT2D eigenvalue weighted by Gasteiger charge is 2.11. The second kappa shape index (κ2) is 4.65. The standard InChI is InChI=1S/C15H14N2O2/c1-17-14-7-3-2-6-12(14)13(15(17)18)10-16-9-11-5-4-8-19-11/h2-8,10,18H,9H2,1H3. The van der Waals surface area contributed by atoms with Gasteiger partial charge in [0.25, 0.3) is 0 Å². The molecule has 2 aromatic heterocycles. The van der Waals surface area contributed by atoms with Crippen LogP contribution in [0.15, 0.2) is 52.1 Å². The number of fused-ring (bicyclic) bond motifs is 1. The van der Waals surface area contributed by atoms with Crippen LogP contribution in [0.3, 0.4) is 0 Å². The summed E-state index contributed by atoms with van der Waals surface area (Å²) in [5.41, 5.74) is 1.73. The largest absolute Gasteiger partial charge is 0.494 e. The highest BCUT2D eigenvalue weighted by molar-refractivity contribution is 6.02. The minimum absolute atomic E-state index is 0.226. The van der Waals surface area contributed by atoms with Crippen molar-refractivity contribution in [2.75, 3.05) is 0 Å². The Hall–Kier alpha value is -2.49. The van der Waals surface area contributed by atoms with Crippen LogP contribution in [0, 0.1) is 0 Å². The lowest BCUT2D eigenvalue weighted by atomic mass is 10.2. The van der Waals surface area contributed by atoms with E-state index in [9.17, 15) is 5.11 Å². The predicted molar refractivity (Wildman–Crippen MR) is 74.6 cm³/mol. The molecule has 0 bridgehead atoms. The number of benzene rings is 1. The summed E-state index contributed by atoms with van der Waals surface area (Å²) in [5, 5.41) is 11.1. The number of rotatable bonds is 3. The van der Waals surface area contributed by atoms with Crippen molar-refractivity contribution in [3.05, 3.63) is 54.0 Å². The van der Waals surface area contributed by atoms with Gasteiger partial charge in [0, 0.05) is 18.6 Å². The van der Waals surface area contributed by atoms with Gasteiger partial charge in [-0.25, -0.2) is 0 Å². The van der Waals surface area contributed by atoms with Crippen molar-refractivity contribution >= 4 is 17.1 Å². The van der Waals surface area contributed by atoms with Gasteiger partial charge in [-0.15, -0.1) is 0 Å². The molecule has 4 heteroatoms. The first-order valence-electron chi connectivity index (χ1n) is 6.06. The molecule has 2 heterocycles. The van der Waals surface area contributed by atoms with Gasteiger partial charge >= 0.3 is 0 Å². The first kappa shape index (κ1) is 11.6. The molecule has 3 aromatic rings. The minimum atomic E-state index is 0.226. The van der Waals surface area contributed by atoms with Gasteiger partial charge in [0.15, 0.2) is 0 Å². The number of para-hydroxylation sites is 1. The second-order valence-corrected chi connectivity index (χ2v) is 4.36. The van der Waals surface area contributed by atoms with E-state index in [0.29, 0.717) is 6.54 Å². The van der Waals surface area contributed by atoms with Crippen molar-refractivity contribution in [1.82, 2.24) is 4.57 Å². The van der Waals surface area contributed by atoms with Crippen LogP contribution in [0.2, 0.25) is 0 Å². The molecule has 4 nitrogen and oxygen atoms in total. The van der Waals surface area contributed by atoms with Crippen LogP contribution >= 0.6 is 0 Å². The topological polar surface area (TPSA) is 50.7 Å². The van der Waals surface area contributed by atoms with Crippen LogP contribution in [0.5, 0.6) is 5.88 Å². The molecule has 0 radical (unpaired) electrons. The molecule has 0 unspecified atom stereocenters. The fourth-order valence-electron chi connectivity index (χ4n) is 2.17. The normalized spacial score (nSPS) is 11.6. The average molecular weight is 254 g/mol. The Balaban J connectivity index is 1.96. The summed E-state index contributed by atoms with van der Waals surface area (Å²) in [7, 11) is 1.83. The highest BCUT2D eigenvalue weighted by atomic mass is 16.3. The maximum absolute atomic E-state index is 10.1. The molecule has 0 amide bonds. The molecule has 96 valence electrons. The molecule has 0 saturated carbocycles. The molecule has 0 aliphatic rings. The van der Waals surface area contributed by atoms with E-state index in [2.05, 4.69) is 4.99 Å². The van der Waals surface area contributed by atoms with Crippen LogP contribution < -0.4 is 0 Å². The van der Waals surface area contributed by atoms with Gasteiger partial charge < -0.3 is 14.1 Å². The lowest BCUT2D eigenvalue weighted by Crippen LogP contribution is -1.86. The summed E-state index contributed by atoms with van der Waals surface area (Å²) in [5.74, 6) is 1.03. The van der Waals surface area contributed by atoms with Gasteiger partial charge in [-0.05, 0) is 18.2 Å². The Bertz CT molecular complexity index is 724. The maximum atomic E-state index is 10.1. The summed E-state index contributed by atoms with van der Waals surface area (Å²) >= 11 is 0. The van der Waals surface area contributed by atoms with E-state index < -0.39 is 0 Å². The molecule has 0 aliphatic carbocycles. The number of hydrogen-bond donors (Lipinski definition) is 1. The molecule has 19 heavy (non-hydrogen) atoms. The van der Waals surface area contributed by atoms with Crippen molar-refractivity contribution in [2.24, 2.45) is 12.0 Å². The van der Waals surface area contributed by atoms with E-state index in [1.807, 2.05) is 43.4 Å². The third kappa shape index (κ3) is 2.01. The molecule has 1 aromatic carbocycles. The summed E-state index contributed by atoms with van der Waals surface area (Å²) in [6.07, 6.45) is 3.32. The van der Waals surface area contributed by atoms with Gasteiger partial charge in [-0.2, -0.15) is 0 Å². The second-order valence-electron chi connectivity index (χ2n) is 4.36. The third-order valence-corrected chi connectivity index (χ3v) is 3.16. The summed E-state index contributed by atoms with van der Waals surface area (Å²) in [4.78, 5) is 4.32. The summed E-state index contributed by atoms with van der Waals surface area (Å²) < 4.78 is 6.97. The van der Waals surface area contributed by atoms with Crippen LogP contribution in [0.4, 0.5) is 0 Å². The highest BCUT2D eigenvalue weighted by Crippen LogP contribution is 2.28. The smallest absolute Gasteiger partial charge is 0.200 e. The molecule has 0 saturated heterocycles. The van der Waals surface area contributed by atoms with E-state index in [1.54, 1.807) is 17.0 Å². The van der Waals surface area contributed by atoms with Crippen molar-refractivity contribution in [3.8, 4) is 5.88 Å². The molecule has 0 fully saturated rings. The molecule has 1 N–H and O–H groups in total. The molecular weight excluding hydrogens is 240 g/mol. The molecule has 0 spiro atoms. The lowest BCUT2D eigenvalue weighted by molar-refractivity contribution is 0.434.